The molecule has 0 spiro atoms. The minimum atomic E-state index is -0.465. The van der Waals surface area contributed by atoms with E-state index in [4.69, 9.17) is 16.3 Å². The summed E-state index contributed by atoms with van der Waals surface area (Å²) in [6, 6.07) is 5.06. The zero-order chi connectivity index (χ0) is 17.2. The highest BCUT2D eigenvalue weighted by molar-refractivity contribution is 6.30. The molecule has 1 aromatic carbocycles. The van der Waals surface area contributed by atoms with Crippen molar-refractivity contribution >= 4 is 29.5 Å². The van der Waals surface area contributed by atoms with Gasteiger partial charge in [-0.3, -0.25) is 4.99 Å². The first-order valence-electron chi connectivity index (χ1n) is 6.66. The lowest BCUT2D eigenvalue weighted by molar-refractivity contribution is -0.134. The van der Waals surface area contributed by atoms with Gasteiger partial charge >= 0.3 is 5.97 Å². The minimum Gasteiger partial charge on any atom is -0.494 e. The number of carbonyl (C=O) groups is 1. The number of rotatable bonds is 6. The predicted molar refractivity (Wildman–Crippen MR) is 90.8 cm³/mol. The van der Waals surface area contributed by atoms with E-state index in [0.29, 0.717) is 27.7 Å². The van der Waals surface area contributed by atoms with E-state index in [1.807, 2.05) is 0 Å². The Morgan fingerprint density at radius 3 is 2.61 bits per heavy atom. The van der Waals surface area contributed by atoms with Crippen LogP contribution in [0.2, 0.25) is 5.02 Å². The lowest BCUT2D eigenvalue weighted by Crippen LogP contribution is -1.95. The zero-order valence-electron chi connectivity index (χ0n) is 13.4. The molecular weight excluding hydrogens is 318 g/mol. The second kappa shape index (κ2) is 9.53. The Labute approximate surface area is 140 Å². The third kappa shape index (κ3) is 6.04. The summed E-state index contributed by atoms with van der Waals surface area (Å²) in [7, 11) is 4.47. The van der Waals surface area contributed by atoms with Crippen molar-refractivity contribution in [1.29, 1.82) is 0 Å². The molecule has 6 nitrogen and oxygen atoms in total. The van der Waals surface area contributed by atoms with E-state index in [1.165, 1.54) is 13.2 Å². The summed E-state index contributed by atoms with van der Waals surface area (Å²) >= 11 is 5.95. The van der Waals surface area contributed by atoms with Crippen molar-refractivity contribution in [2.75, 3.05) is 21.3 Å². The smallest absolute Gasteiger partial charge is 0.330 e. The average molecular weight is 336 g/mol. The Morgan fingerprint density at radius 2 is 2.00 bits per heavy atom. The van der Waals surface area contributed by atoms with E-state index in [1.54, 1.807) is 51.6 Å². The van der Waals surface area contributed by atoms with Gasteiger partial charge in [0.25, 0.3) is 0 Å². The van der Waals surface area contributed by atoms with Crippen LogP contribution < -0.4 is 4.74 Å². The summed E-state index contributed by atoms with van der Waals surface area (Å²) in [5, 5.41) is 8.80. The summed E-state index contributed by atoms with van der Waals surface area (Å²) in [5.74, 6) is 0.0926. The van der Waals surface area contributed by atoms with Gasteiger partial charge in [-0.15, -0.1) is 5.11 Å². The highest BCUT2D eigenvalue weighted by atomic mass is 35.5. The molecule has 0 aliphatic rings. The second-order valence-electron chi connectivity index (χ2n) is 4.30. The SMILES string of the molecule is CN=CC(/C=C/C(=O)OC)=C(\C)N=Nc1cc(Cl)ccc1OC. The van der Waals surface area contributed by atoms with E-state index in [2.05, 4.69) is 20.0 Å². The fourth-order valence-corrected chi connectivity index (χ4v) is 1.72. The lowest BCUT2D eigenvalue weighted by atomic mass is 10.2. The molecule has 0 aliphatic heterocycles. The largest absolute Gasteiger partial charge is 0.494 e. The van der Waals surface area contributed by atoms with Crippen LogP contribution in [0.5, 0.6) is 5.75 Å². The number of esters is 1. The summed E-state index contributed by atoms with van der Waals surface area (Å²) in [5.41, 5.74) is 1.70. The highest BCUT2D eigenvalue weighted by Gasteiger charge is 2.03. The van der Waals surface area contributed by atoms with Crippen LogP contribution in [0.25, 0.3) is 0 Å². The fourth-order valence-electron chi connectivity index (χ4n) is 1.55. The Kier molecular flexibility index (Phi) is 7.70. The number of halogens is 1. The molecule has 0 aromatic heterocycles. The van der Waals surface area contributed by atoms with E-state index >= 15 is 0 Å². The van der Waals surface area contributed by atoms with E-state index in [-0.39, 0.29) is 0 Å². The van der Waals surface area contributed by atoms with Crippen LogP contribution in [0.3, 0.4) is 0 Å². The van der Waals surface area contributed by atoms with Crippen molar-refractivity contribution < 1.29 is 14.3 Å². The van der Waals surface area contributed by atoms with E-state index in [0.717, 1.165) is 0 Å². The van der Waals surface area contributed by atoms with Gasteiger partial charge in [0.2, 0.25) is 0 Å². The fraction of sp³-hybridized carbons (Fsp3) is 0.250. The molecule has 0 bridgehead atoms. The van der Waals surface area contributed by atoms with Crippen LogP contribution in [-0.2, 0) is 9.53 Å². The van der Waals surface area contributed by atoms with Crippen molar-refractivity contribution in [3.05, 3.63) is 46.6 Å². The van der Waals surface area contributed by atoms with E-state index < -0.39 is 5.97 Å². The maximum absolute atomic E-state index is 11.2. The summed E-state index contributed by atoms with van der Waals surface area (Å²) in [6.45, 7) is 1.75. The number of carbonyl (C=O) groups excluding carboxylic acids is 1. The maximum atomic E-state index is 11.2. The van der Waals surface area contributed by atoms with E-state index in [9.17, 15) is 4.79 Å². The van der Waals surface area contributed by atoms with Crippen LogP contribution in [0.15, 0.2) is 56.8 Å². The Morgan fingerprint density at radius 1 is 1.26 bits per heavy atom. The lowest BCUT2D eigenvalue weighted by Gasteiger charge is -2.03. The molecule has 0 atom stereocenters. The van der Waals surface area contributed by atoms with Gasteiger partial charge in [0, 0.05) is 29.9 Å². The summed E-state index contributed by atoms with van der Waals surface area (Å²) in [4.78, 5) is 15.1. The maximum Gasteiger partial charge on any atom is 0.330 e. The first-order valence-corrected chi connectivity index (χ1v) is 7.04. The first-order chi connectivity index (χ1) is 11.0. The first kappa shape index (κ1) is 18.6. The third-order valence-electron chi connectivity index (χ3n) is 2.73. The number of nitrogens with zero attached hydrogens (tertiary/aromatic N) is 3. The number of allylic oxidation sites excluding steroid dienone is 3. The molecule has 0 amide bonds. The third-order valence-corrected chi connectivity index (χ3v) is 2.97. The van der Waals surface area contributed by atoms with Crippen LogP contribution in [0.1, 0.15) is 6.92 Å². The Hall–Kier alpha value is -2.47. The van der Waals surface area contributed by atoms with Crippen LogP contribution in [0, 0.1) is 0 Å². The molecule has 0 unspecified atom stereocenters. The molecule has 0 N–H and O–H groups in total. The summed E-state index contributed by atoms with van der Waals surface area (Å²) < 4.78 is 9.76. The Bertz CT molecular complexity index is 679. The van der Waals surface area contributed by atoms with Gasteiger partial charge in [0.05, 0.1) is 19.9 Å². The number of benzene rings is 1. The molecule has 122 valence electrons. The van der Waals surface area contributed by atoms with Gasteiger partial charge in [-0.2, -0.15) is 5.11 Å². The van der Waals surface area contributed by atoms with Gasteiger partial charge in [-0.1, -0.05) is 11.6 Å². The Balaban J connectivity index is 3.13. The van der Waals surface area contributed by atoms with Crippen molar-refractivity contribution in [3.63, 3.8) is 0 Å². The van der Waals surface area contributed by atoms with Gasteiger partial charge in [0.1, 0.15) is 11.4 Å². The standard InChI is InChI=1S/C16H18ClN3O3/c1-11(12(10-18-2)5-8-16(21)23-4)19-20-14-9-13(17)6-7-15(14)22-3/h5-10H,1-4H3/b8-5+,12-11+,18-10?,20-19?. The van der Waals surface area contributed by atoms with Crippen molar-refractivity contribution in [3.8, 4) is 5.75 Å². The second-order valence-corrected chi connectivity index (χ2v) is 4.74. The minimum absolute atomic E-state index is 0.465. The van der Waals surface area contributed by atoms with Gasteiger partial charge < -0.3 is 9.47 Å². The number of hydrogen-bond donors (Lipinski definition) is 0. The predicted octanol–water partition coefficient (Wildman–Crippen LogP) is 4.14. The number of aliphatic imine (C=N–C) groups is 1. The molecule has 0 saturated heterocycles. The molecule has 7 heteroatoms. The summed E-state index contributed by atoms with van der Waals surface area (Å²) in [6.07, 6.45) is 4.42. The molecule has 0 fully saturated rings. The van der Waals surface area contributed by atoms with Crippen molar-refractivity contribution in [1.82, 2.24) is 0 Å². The molecule has 0 heterocycles. The molecule has 0 saturated carbocycles. The van der Waals surface area contributed by atoms with Gasteiger partial charge in [0.15, 0.2) is 0 Å². The molecule has 0 aliphatic carbocycles. The molecule has 1 aromatic rings. The molecule has 1 rings (SSSR count). The highest BCUT2D eigenvalue weighted by Crippen LogP contribution is 2.31. The monoisotopic (exact) mass is 335 g/mol. The van der Waals surface area contributed by atoms with Gasteiger partial charge in [-0.05, 0) is 31.2 Å². The average Bonchev–Trinajstić information content (AvgIpc) is 2.56. The van der Waals surface area contributed by atoms with Crippen LogP contribution >= 0.6 is 11.6 Å². The molecular formula is C16H18ClN3O3. The van der Waals surface area contributed by atoms with Crippen LogP contribution in [0.4, 0.5) is 5.69 Å². The quantitative estimate of drug-likeness (QED) is 0.258. The van der Waals surface area contributed by atoms with Gasteiger partial charge in [-0.25, -0.2) is 4.79 Å². The number of methoxy groups -OCH3 is 2. The normalized spacial score (nSPS) is 12.9. The van der Waals surface area contributed by atoms with Crippen LogP contribution in [-0.4, -0.2) is 33.5 Å². The molecule has 0 radical (unpaired) electrons. The number of hydrogen-bond acceptors (Lipinski definition) is 6. The molecule has 23 heavy (non-hydrogen) atoms. The zero-order valence-corrected chi connectivity index (χ0v) is 14.2. The van der Waals surface area contributed by atoms with Crippen molar-refractivity contribution in [2.24, 2.45) is 15.2 Å². The topological polar surface area (TPSA) is 72.6 Å². The number of azo groups is 1. The number of ether oxygens (including phenoxy) is 2. The van der Waals surface area contributed by atoms with Crippen molar-refractivity contribution in [2.45, 2.75) is 6.92 Å².